The number of hydrogen-bond acceptors (Lipinski definition) is 6. The number of nitro groups is 1. The molecule has 0 spiro atoms. The molecule has 112 valence electrons. The molecule has 7 nitrogen and oxygen atoms in total. The molecular formula is C13H22N4O3. The third-order valence-electron chi connectivity index (χ3n) is 2.90. The number of nitrogens with zero attached hydrogens (tertiary/aromatic N) is 2. The molecule has 20 heavy (non-hydrogen) atoms. The highest BCUT2D eigenvalue weighted by atomic mass is 16.6. The summed E-state index contributed by atoms with van der Waals surface area (Å²) < 4.78 is 0. The van der Waals surface area contributed by atoms with Gasteiger partial charge in [-0.25, -0.2) is 4.98 Å². The summed E-state index contributed by atoms with van der Waals surface area (Å²) in [4.78, 5) is 14.8. The van der Waals surface area contributed by atoms with Crippen LogP contribution in [0.2, 0.25) is 0 Å². The largest absolute Gasteiger partial charge is 0.396 e. The van der Waals surface area contributed by atoms with Crippen LogP contribution in [0.1, 0.15) is 33.1 Å². The molecular weight excluding hydrogens is 260 g/mol. The molecule has 1 heterocycles. The van der Waals surface area contributed by atoms with Crippen LogP contribution in [0.3, 0.4) is 0 Å². The normalized spacial score (nSPS) is 11.9. The molecule has 0 saturated carbocycles. The highest BCUT2D eigenvalue weighted by molar-refractivity contribution is 5.55. The number of rotatable bonds is 9. The van der Waals surface area contributed by atoms with Crippen LogP contribution in [0.25, 0.3) is 0 Å². The van der Waals surface area contributed by atoms with E-state index in [1.54, 1.807) is 0 Å². The van der Waals surface area contributed by atoms with Crippen LogP contribution in [0, 0.1) is 10.1 Å². The first-order valence-electron chi connectivity index (χ1n) is 6.88. The van der Waals surface area contributed by atoms with E-state index in [1.807, 2.05) is 13.8 Å². The summed E-state index contributed by atoms with van der Waals surface area (Å²) in [6, 6.07) is 2.89. The molecule has 0 fully saturated rings. The lowest BCUT2D eigenvalue weighted by atomic mass is 10.1. The maximum atomic E-state index is 10.9. The van der Waals surface area contributed by atoms with Crippen molar-refractivity contribution in [1.82, 2.24) is 4.98 Å². The van der Waals surface area contributed by atoms with Crippen molar-refractivity contribution >= 4 is 17.3 Å². The van der Waals surface area contributed by atoms with Crippen molar-refractivity contribution in [3.8, 4) is 0 Å². The topological polar surface area (TPSA) is 100 Å². The van der Waals surface area contributed by atoms with Gasteiger partial charge in [-0.1, -0.05) is 13.8 Å². The van der Waals surface area contributed by atoms with Crippen LogP contribution in [0.15, 0.2) is 12.1 Å². The second-order valence-electron chi connectivity index (χ2n) is 4.54. The Bertz CT molecular complexity index is 440. The molecule has 0 aliphatic heterocycles. The lowest BCUT2D eigenvalue weighted by Crippen LogP contribution is -2.21. The molecule has 0 aromatic carbocycles. The monoisotopic (exact) mass is 282 g/mol. The van der Waals surface area contributed by atoms with Gasteiger partial charge in [0.15, 0.2) is 0 Å². The zero-order chi connectivity index (χ0) is 15.0. The summed E-state index contributed by atoms with van der Waals surface area (Å²) in [5, 5.41) is 26.1. The fourth-order valence-corrected chi connectivity index (χ4v) is 1.78. The minimum atomic E-state index is -0.434. The molecule has 0 aliphatic carbocycles. The van der Waals surface area contributed by atoms with Gasteiger partial charge in [0.05, 0.1) is 17.1 Å². The van der Waals surface area contributed by atoms with Gasteiger partial charge in [0, 0.05) is 19.2 Å². The van der Waals surface area contributed by atoms with Crippen LogP contribution in [-0.2, 0) is 0 Å². The number of nitrogens with one attached hydrogen (secondary N) is 2. The van der Waals surface area contributed by atoms with Crippen LogP contribution >= 0.6 is 0 Å². The van der Waals surface area contributed by atoms with Gasteiger partial charge in [-0.05, 0) is 19.3 Å². The maximum Gasteiger partial charge on any atom is 0.276 e. The van der Waals surface area contributed by atoms with Gasteiger partial charge in [-0.2, -0.15) is 0 Å². The smallest absolute Gasteiger partial charge is 0.276 e. The van der Waals surface area contributed by atoms with Gasteiger partial charge in [0.1, 0.15) is 11.6 Å². The molecule has 1 aromatic heterocycles. The Morgan fingerprint density at radius 1 is 1.40 bits per heavy atom. The lowest BCUT2D eigenvalue weighted by Gasteiger charge is -2.17. The molecule has 7 heteroatoms. The number of aliphatic hydroxyl groups is 1. The molecule has 0 aliphatic rings. The van der Waals surface area contributed by atoms with Gasteiger partial charge in [0.2, 0.25) is 0 Å². The van der Waals surface area contributed by atoms with Gasteiger partial charge >= 0.3 is 0 Å². The molecule has 1 atom stereocenters. The summed E-state index contributed by atoms with van der Waals surface area (Å²) >= 11 is 0. The Hall–Kier alpha value is -1.89. The van der Waals surface area contributed by atoms with Gasteiger partial charge in [-0.15, -0.1) is 0 Å². The Morgan fingerprint density at radius 2 is 2.10 bits per heavy atom. The molecule has 1 rings (SSSR count). The van der Waals surface area contributed by atoms with Crippen LogP contribution in [0.5, 0.6) is 0 Å². The maximum absolute atomic E-state index is 10.9. The summed E-state index contributed by atoms with van der Waals surface area (Å²) in [5.41, 5.74) is -0.0000420. The fourth-order valence-electron chi connectivity index (χ4n) is 1.78. The quantitative estimate of drug-likeness (QED) is 0.475. The Labute approximate surface area is 118 Å². The predicted molar refractivity (Wildman–Crippen MR) is 79.1 cm³/mol. The van der Waals surface area contributed by atoms with Crippen molar-refractivity contribution in [2.45, 2.75) is 39.2 Å². The summed E-state index contributed by atoms with van der Waals surface area (Å²) in [7, 11) is 0. The third-order valence-corrected chi connectivity index (χ3v) is 2.90. The van der Waals surface area contributed by atoms with Crippen molar-refractivity contribution in [2.24, 2.45) is 0 Å². The number of aliphatic hydroxyl groups excluding tert-OH is 1. The van der Waals surface area contributed by atoms with Crippen molar-refractivity contribution in [2.75, 3.05) is 23.8 Å². The molecule has 1 unspecified atom stereocenters. The van der Waals surface area contributed by atoms with Crippen LogP contribution < -0.4 is 10.6 Å². The average molecular weight is 282 g/mol. The first-order valence-corrected chi connectivity index (χ1v) is 6.88. The van der Waals surface area contributed by atoms with E-state index in [2.05, 4.69) is 15.6 Å². The second-order valence-corrected chi connectivity index (χ2v) is 4.54. The molecule has 0 bridgehead atoms. The standard InChI is InChI=1S/C13H22N4O3/c1-3-6-14-12-8-11(17(19)20)9-13(16-12)15-10(4-2)5-7-18/h8-10,18H,3-7H2,1-2H3,(H2,14,15,16). The fraction of sp³-hybridized carbons (Fsp3) is 0.615. The van der Waals surface area contributed by atoms with E-state index in [4.69, 9.17) is 5.11 Å². The van der Waals surface area contributed by atoms with Gasteiger partial charge in [0.25, 0.3) is 5.69 Å². The number of aromatic nitrogens is 1. The zero-order valence-corrected chi connectivity index (χ0v) is 11.9. The third kappa shape index (κ3) is 5.00. The number of anilines is 2. The second kappa shape index (κ2) is 8.31. The van der Waals surface area contributed by atoms with Crippen molar-refractivity contribution in [1.29, 1.82) is 0 Å². The van der Waals surface area contributed by atoms with Gasteiger partial charge < -0.3 is 15.7 Å². The van der Waals surface area contributed by atoms with E-state index in [-0.39, 0.29) is 18.3 Å². The minimum absolute atomic E-state index is 0.0000420. The van der Waals surface area contributed by atoms with E-state index >= 15 is 0 Å². The summed E-state index contributed by atoms with van der Waals surface area (Å²) in [6.45, 7) is 4.78. The zero-order valence-electron chi connectivity index (χ0n) is 11.9. The van der Waals surface area contributed by atoms with E-state index in [0.717, 1.165) is 12.8 Å². The minimum Gasteiger partial charge on any atom is -0.396 e. The number of pyridine rings is 1. The van der Waals surface area contributed by atoms with E-state index in [9.17, 15) is 10.1 Å². The molecule has 1 aromatic rings. The highest BCUT2D eigenvalue weighted by Gasteiger charge is 2.13. The first-order chi connectivity index (χ1) is 9.60. The van der Waals surface area contributed by atoms with Crippen molar-refractivity contribution in [3.63, 3.8) is 0 Å². The van der Waals surface area contributed by atoms with E-state index < -0.39 is 4.92 Å². The lowest BCUT2D eigenvalue weighted by molar-refractivity contribution is -0.384. The van der Waals surface area contributed by atoms with E-state index in [1.165, 1.54) is 12.1 Å². The Kier molecular flexibility index (Phi) is 6.72. The summed E-state index contributed by atoms with van der Waals surface area (Å²) in [6.07, 6.45) is 2.30. The number of hydrogen-bond donors (Lipinski definition) is 3. The Balaban J connectivity index is 2.92. The van der Waals surface area contributed by atoms with E-state index in [0.29, 0.717) is 24.6 Å². The SMILES string of the molecule is CCCNc1cc([N+](=O)[O-])cc(NC(CC)CCO)n1. The first kappa shape index (κ1) is 16.2. The molecule has 3 N–H and O–H groups in total. The van der Waals surface area contributed by atoms with Crippen molar-refractivity contribution < 1.29 is 10.0 Å². The predicted octanol–water partition coefficient (Wildman–Crippen LogP) is 2.38. The highest BCUT2D eigenvalue weighted by Crippen LogP contribution is 2.21. The molecule has 0 amide bonds. The van der Waals surface area contributed by atoms with Crippen LogP contribution in [-0.4, -0.2) is 34.2 Å². The summed E-state index contributed by atoms with van der Waals surface area (Å²) in [5.74, 6) is 0.945. The molecule has 0 radical (unpaired) electrons. The van der Waals surface area contributed by atoms with Crippen LogP contribution in [0.4, 0.5) is 17.3 Å². The van der Waals surface area contributed by atoms with Crippen molar-refractivity contribution in [3.05, 3.63) is 22.2 Å². The van der Waals surface area contributed by atoms with Gasteiger partial charge in [-0.3, -0.25) is 10.1 Å². The molecule has 0 saturated heterocycles. The Morgan fingerprint density at radius 3 is 2.65 bits per heavy atom. The average Bonchev–Trinajstić information content (AvgIpc) is 2.44.